The second-order valence-electron chi connectivity index (χ2n) is 7.05. The molecule has 0 radical (unpaired) electrons. The van der Waals surface area contributed by atoms with Crippen LogP contribution in [0.15, 0.2) is 42.5 Å². The third kappa shape index (κ3) is 3.22. The quantitative estimate of drug-likeness (QED) is 0.876. The predicted octanol–water partition coefficient (Wildman–Crippen LogP) is 2.96. The van der Waals surface area contributed by atoms with Gasteiger partial charge in [-0.25, -0.2) is 0 Å². The minimum atomic E-state index is -0.125. The average molecular weight is 349 g/mol. The van der Waals surface area contributed by atoms with Gasteiger partial charge in [0.2, 0.25) is 11.8 Å². The SMILES string of the molecule is CC(=O)Nc1cccc2c1CCN(C1CCc3ccccc3NC1=O)C2. The van der Waals surface area contributed by atoms with Crippen molar-refractivity contribution in [1.29, 1.82) is 0 Å². The number of carbonyl (C=O) groups excluding carboxylic acids is 2. The number of hydrogen-bond acceptors (Lipinski definition) is 3. The first-order valence-corrected chi connectivity index (χ1v) is 9.13. The number of nitrogens with zero attached hydrogens (tertiary/aromatic N) is 1. The lowest BCUT2D eigenvalue weighted by molar-refractivity contribution is -0.121. The first-order valence-electron chi connectivity index (χ1n) is 9.13. The molecule has 0 saturated carbocycles. The Morgan fingerprint density at radius 2 is 1.92 bits per heavy atom. The maximum Gasteiger partial charge on any atom is 0.241 e. The lowest BCUT2D eigenvalue weighted by atomic mass is 9.95. The van der Waals surface area contributed by atoms with Crippen molar-refractivity contribution >= 4 is 23.2 Å². The van der Waals surface area contributed by atoms with Crippen molar-refractivity contribution in [2.75, 3.05) is 17.2 Å². The normalized spacial score (nSPS) is 19.7. The molecule has 2 heterocycles. The summed E-state index contributed by atoms with van der Waals surface area (Å²) in [5, 5.41) is 6.01. The minimum Gasteiger partial charge on any atom is -0.326 e. The number of aryl methyl sites for hydroxylation is 1. The molecule has 4 rings (SSSR count). The number of rotatable bonds is 2. The molecule has 26 heavy (non-hydrogen) atoms. The number of amides is 2. The Morgan fingerprint density at radius 3 is 2.77 bits per heavy atom. The van der Waals surface area contributed by atoms with Gasteiger partial charge >= 0.3 is 0 Å². The van der Waals surface area contributed by atoms with Crippen LogP contribution in [0.2, 0.25) is 0 Å². The smallest absolute Gasteiger partial charge is 0.241 e. The van der Waals surface area contributed by atoms with E-state index in [0.717, 1.165) is 43.7 Å². The van der Waals surface area contributed by atoms with Gasteiger partial charge < -0.3 is 10.6 Å². The number of para-hydroxylation sites is 1. The van der Waals surface area contributed by atoms with E-state index >= 15 is 0 Å². The standard InChI is InChI=1S/C21H23N3O2/c1-14(25)22-19-8-4-6-16-13-24(12-11-17(16)19)20-10-9-15-5-2-3-7-18(15)23-21(20)26/h2-8,20H,9-13H2,1H3,(H,22,25)(H,23,26). The van der Waals surface area contributed by atoms with Gasteiger partial charge in [0.25, 0.3) is 0 Å². The molecule has 134 valence electrons. The fourth-order valence-corrected chi connectivity index (χ4v) is 4.05. The second kappa shape index (κ2) is 6.92. The summed E-state index contributed by atoms with van der Waals surface area (Å²) in [4.78, 5) is 26.5. The van der Waals surface area contributed by atoms with Gasteiger partial charge in [-0.1, -0.05) is 30.3 Å². The van der Waals surface area contributed by atoms with E-state index in [1.807, 2.05) is 30.3 Å². The number of nitrogens with one attached hydrogen (secondary N) is 2. The van der Waals surface area contributed by atoms with Gasteiger partial charge in [0, 0.05) is 31.4 Å². The van der Waals surface area contributed by atoms with E-state index in [4.69, 9.17) is 0 Å². The van der Waals surface area contributed by atoms with Crippen LogP contribution in [0.1, 0.15) is 30.0 Å². The zero-order valence-electron chi connectivity index (χ0n) is 14.9. The Kier molecular flexibility index (Phi) is 4.47. The summed E-state index contributed by atoms with van der Waals surface area (Å²) in [5.41, 5.74) is 5.42. The molecule has 0 spiro atoms. The molecule has 2 aliphatic rings. The van der Waals surface area contributed by atoms with Crippen LogP contribution in [0.5, 0.6) is 0 Å². The monoisotopic (exact) mass is 349 g/mol. The van der Waals surface area contributed by atoms with Crippen molar-refractivity contribution in [3.05, 3.63) is 59.2 Å². The van der Waals surface area contributed by atoms with Crippen LogP contribution in [0, 0.1) is 0 Å². The Morgan fingerprint density at radius 1 is 1.12 bits per heavy atom. The lowest BCUT2D eigenvalue weighted by Gasteiger charge is -2.34. The summed E-state index contributed by atoms with van der Waals surface area (Å²) in [7, 11) is 0. The molecule has 2 aromatic carbocycles. The van der Waals surface area contributed by atoms with E-state index in [1.54, 1.807) is 0 Å². The number of hydrogen-bond donors (Lipinski definition) is 2. The molecule has 0 bridgehead atoms. The summed E-state index contributed by atoms with van der Waals surface area (Å²) < 4.78 is 0. The van der Waals surface area contributed by atoms with Crippen LogP contribution in [0.4, 0.5) is 11.4 Å². The summed E-state index contributed by atoms with van der Waals surface area (Å²) in [6.45, 7) is 3.08. The molecule has 2 amide bonds. The van der Waals surface area contributed by atoms with Crippen molar-refractivity contribution in [2.45, 2.75) is 38.8 Å². The van der Waals surface area contributed by atoms with Crippen molar-refractivity contribution in [2.24, 2.45) is 0 Å². The zero-order valence-corrected chi connectivity index (χ0v) is 14.9. The molecular formula is C21H23N3O2. The summed E-state index contributed by atoms with van der Waals surface area (Å²) in [6.07, 6.45) is 2.56. The highest BCUT2D eigenvalue weighted by Crippen LogP contribution is 2.30. The van der Waals surface area contributed by atoms with Crippen molar-refractivity contribution in [1.82, 2.24) is 4.90 Å². The van der Waals surface area contributed by atoms with Crippen molar-refractivity contribution in [3.8, 4) is 0 Å². The van der Waals surface area contributed by atoms with Gasteiger partial charge in [-0.05, 0) is 48.1 Å². The van der Waals surface area contributed by atoms with Gasteiger partial charge in [-0.15, -0.1) is 0 Å². The van der Waals surface area contributed by atoms with E-state index < -0.39 is 0 Å². The summed E-state index contributed by atoms with van der Waals surface area (Å²) in [5.74, 6) is 0.0261. The minimum absolute atomic E-state index is 0.0539. The highest BCUT2D eigenvalue weighted by atomic mass is 16.2. The van der Waals surface area contributed by atoms with Gasteiger partial charge in [-0.3, -0.25) is 14.5 Å². The molecule has 2 N–H and O–H groups in total. The van der Waals surface area contributed by atoms with Gasteiger partial charge in [0.05, 0.1) is 6.04 Å². The number of fused-ring (bicyclic) bond motifs is 2. The fourth-order valence-electron chi connectivity index (χ4n) is 4.05. The Bertz CT molecular complexity index is 862. The maximum absolute atomic E-state index is 12.8. The number of benzene rings is 2. The molecule has 0 fully saturated rings. The van der Waals surface area contributed by atoms with Gasteiger partial charge in [-0.2, -0.15) is 0 Å². The predicted molar refractivity (Wildman–Crippen MR) is 102 cm³/mol. The summed E-state index contributed by atoms with van der Waals surface area (Å²) in [6, 6.07) is 13.9. The third-order valence-corrected chi connectivity index (χ3v) is 5.31. The fraction of sp³-hybridized carbons (Fsp3) is 0.333. The molecule has 5 nitrogen and oxygen atoms in total. The first-order chi connectivity index (χ1) is 12.6. The van der Waals surface area contributed by atoms with E-state index in [1.165, 1.54) is 23.6 Å². The lowest BCUT2D eigenvalue weighted by Crippen LogP contribution is -2.46. The maximum atomic E-state index is 12.8. The molecule has 1 unspecified atom stereocenters. The highest BCUT2D eigenvalue weighted by Gasteiger charge is 2.31. The van der Waals surface area contributed by atoms with E-state index in [0.29, 0.717) is 0 Å². The Balaban J connectivity index is 1.54. The van der Waals surface area contributed by atoms with E-state index in [9.17, 15) is 9.59 Å². The number of carbonyl (C=O) groups is 2. The van der Waals surface area contributed by atoms with Crippen LogP contribution in [-0.2, 0) is 29.0 Å². The molecule has 2 aromatic rings. The topological polar surface area (TPSA) is 61.4 Å². The van der Waals surface area contributed by atoms with E-state index in [2.05, 4.69) is 27.7 Å². The molecular weight excluding hydrogens is 326 g/mol. The van der Waals surface area contributed by atoms with Gasteiger partial charge in [0.1, 0.15) is 0 Å². The Labute approximate surface area is 153 Å². The van der Waals surface area contributed by atoms with Crippen molar-refractivity contribution < 1.29 is 9.59 Å². The molecule has 1 atom stereocenters. The molecule has 2 aliphatic heterocycles. The van der Waals surface area contributed by atoms with Crippen LogP contribution in [0.25, 0.3) is 0 Å². The van der Waals surface area contributed by atoms with E-state index in [-0.39, 0.29) is 17.9 Å². The van der Waals surface area contributed by atoms with Crippen LogP contribution >= 0.6 is 0 Å². The third-order valence-electron chi connectivity index (χ3n) is 5.31. The number of anilines is 2. The van der Waals surface area contributed by atoms with Crippen LogP contribution in [0.3, 0.4) is 0 Å². The molecule has 5 heteroatoms. The first kappa shape index (κ1) is 16.8. The van der Waals surface area contributed by atoms with Crippen molar-refractivity contribution in [3.63, 3.8) is 0 Å². The van der Waals surface area contributed by atoms with Crippen LogP contribution < -0.4 is 10.6 Å². The highest BCUT2D eigenvalue weighted by molar-refractivity contribution is 5.96. The second-order valence-corrected chi connectivity index (χ2v) is 7.05. The van der Waals surface area contributed by atoms with Crippen LogP contribution in [-0.4, -0.2) is 29.3 Å². The summed E-state index contributed by atoms with van der Waals surface area (Å²) >= 11 is 0. The molecule has 0 aromatic heterocycles. The average Bonchev–Trinajstić information content (AvgIpc) is 2.79. The largest absolute Gasteiger partial charge is 0.326 e. The van der Waals surface area contributed by atoms with Gasteiger partial charge in [0.15, 0.2) is 0 Å². The molecule has 0 aliphatic carbocycles. The zero-order chi connectivity index (χ0) is 18.1. The Hall–Kier alpha value is -2.66. The molecule has 0 saturated heterocycles.